The second-order valence-electron chi connectivity index (χ2n) is 5.71. The highest BCUT2D eigenvalue weighted by Gasteiger charge is 2.21. The number of halogens is 1. The van der Waals surface area contributed by atoms with Crippen LogP contribution < -0.4 is 15.8 Å². The lowest BCUT2D eigenvalue weighted by molar-refractivity contribution is 0.262. The Morgan fingerprint density at radius 1 is 1.45 bits per heavy atom. The number of ether oxygens (including phenoxy) is 1. The van der Waals surface area contributed by atoms with E-state index >= 15 is 0 Å². The van der Waals surface area contributed by atoms with E-state index < -0.39 is 0 Å². The molecule has 2 rings (SSSR count). The summed E-state index contributed by atoms with van der Waals surface area (Å²) < 4.78 is 5.65. The SMILES string of the molecule is CC(C)N(C)CCN=C(N)NC1CCOc2ccccc21.I. The molecular formula is C16H27IN4O. The predicted octanol–water partition coefficient (Wildman–Crippen LogP) is 2.37. The molecular weight excluding hydrogens is 391 g/mol. The van der Waals surface area contributed by atoms with E-state index in [1.807, 2.05) is 18.2 Å². The normalized spacial score (nSPS) is 17.7. The minimum atomic E-state index is 0. The van der Waals surface area contributed by atoms with Crippen LogP contribution in [0.1, 0.15) is 31.9 Å². The Labute approximate surface area is 150 Å². The van der Waals surface area contributed by atoms with E-state index in [1.165, 1.54) is 0 Å². The van der Waals surface area contributed by atoms with E-state index in [0.29, 0.717) is 25.2 Å². The third kappa shape index (κ3) is 5.31. The third-order valence-electron chi connectivity index (χ3n) is 3.90. The fourth-order valence-electron chi connectivity index (χ4n) is 2.30. The largest absolute Gasteiger partial charge is 0.493 e. The molecule has 0 aliphatic carbocycles. The molecule has 22 heavy (non-hydrogen) atoms. The number of para-hydroxylation sites is 1. The molecule has 0 amide bonds. The smallest absolute Gasteiger partial charge is 0.189 e. The Hall–Kier alpha value is -1.02. The fourth-order valence-corrected chi connectivity index (χ4v) is 2.30. The summed E-state index contributed by atoms with van der Waals surface area (Å²) >= 11 is 0. The third-order valence-corrected chi connectivity index (χ3v) is 3.90. The lowest BCUT2D eigenvalue weighted by Gasteiger charge is -2.27. The molecule has 0 saturated carbocycles. The van der Waals surface area contributed by atoms with Crippen LogP contribution >= 0.6 is 24.0 Å². The molecule has 1 atom stereocenters. The van der Waals surface area contributed by atoms with Gasteiger partial charge in [0.25, 0.3) is 0 Å². The first-order chi connectivity index (χ1) is 10.1. The van der Waals surface area contributed by atoms with Crippen LogP contribution in [0.25, 0.3) is 0 Å². The van der Waals surface area contributed by atoms with Gasteiger partial charge < -0.3 is 20.7 Å². The molecule has 0 bridgehead atoms. The van der Waals surface area contributed by atoms with Gasteiger partial charge in [-0.25, -0.2) is 0 Å². The summed E-state index contributed by atoms with van der Waals surface area (Å²) in [6.07, 6.45) is 0.902. The van der Waals surface area contributed by atoms with Gasteiger partial charge in [0.05, 0.1) is 19.2 Å². The molecule has 1 aromatic carbocycles. The average Bonchev–Trinajstić information content (AvgIpc) is 2.47. The summed E-state index contributed by atoms with van der Waals surface area (Å²) in [6, 6.07) is 8.78. The molecule has 0 saturated heterocycles. The fraction of sp³-hybridized carbons (Fsp3) is 0.562. The molecule has 0 fully saturated rings. The van der Waals surface area contributed by atoms with Gasteiger partial charge in [-0.3, -0.25) is 4.99 Å². The van der Waals surface area contributed by atoms with Crippen molar-refractivity contribution in [3.05, 3.63) is 29.8 Å². The molecule has 1 aliphatic rings. The predicted molar refractivity (Wildman–Crippen MR) is 102 cm³/mol. The minimum absolute atomic E-state index is 0. The highest BCUT2D eigenvalue weighted by atomic mass is 127. The van der Waals surface area contributed by atoms with Gasteiger partial charge in [-0.1, -0.05) is 18.2 Å². The molecule has 0 aromatic heterocycles. The molecule has 124 valence electrons. The van der Waals surface area contributed by atoms with Crippen molar-refractivity contribution in [1.29, 1.82) is 0 Å². The van der Waals surface area contributed by atoms with E-state index in [4.69, 9.17) is 10.5 Å². The van der Waals surface area contributed by atoms with Gasteiger partial charge in [0.2, 0.25) is 0 Å². The highest BCUT2D eigenvalue weighted by Crippen LogP contribution is 2.31. The second-order valence-corrected chi connectivity index (χ2v) is 5.71. The number of benzene rings is 1. The summed E-state index contributed by atoms with van der Waals surface area (Å²) in [4.78, 5) is 6.66. The number of nitrogens with one attached hydrogen (secondary N) is 1. The van der Waals surface area contributed by atoms with Crippen molar-refractivity contribution in [3.8, 4) is 5.75 Å². The van der Waals surface area contributed by atoms with Gasteiger partial charge in [0.1, 0.15) is 5.75 Å². The molecule has 0 radical (unpaired) electrons. The molecule has 0 spiro atoms. The van der Waals surface area contributed by atoms with Crippen LogP contribution in [0.4, 0.5) is 0 Å². The van der Waals surface area contributed by atoms with Crippen LogP contribution in [0.5, 0.6) is 5.75 Å². The van der Waals surface area contributed by atoms with Crippen molar-refractivity contribution >= 4 is 29.9 Å². The van der Waals surface area contributed by atoms with Gasteiger partial charge in [-0.05, 0) is 27.0 Å². The van der Waals surface area contributed by atoms with Crippen molar-refractivity contribution < 1.29 is 4.74 Å². The minimum Gasteiger partial charge on any atom is -0.493 e. The van der Waals surface area contributed by atoms with Crippen molar-refractivity contribution in [3.63, 3.8) is 0 Å². The first kappa shape index (κ1) is 19.0. The monoisotopic (exact) mass is 418 g/mol. The number of fused-ring (bicyclic) bond motifs is 1. The van der Waals surface area contributed by atoms with Crippen LogP contribution in [-0.4, -0.2) is 43.6 Å². The number of rotatable bonds is 5. The number of guanidine groups is 1. The van der Waals surface area contributed by atoms with Gasteiger partial charge >= 0.3 is 0 Å². The maximum absolute atomic E-state index is 6.00. The maximum atomic E-state index is 6.00. The topological polar surface area (TPSA) is 62.9 Å². The van der Waals surface area contributed by atoms with E-state index in [9.17, 15) is 0 Å². The number of aliphatic imine (C=N–C) groups is 1. The van der Waals surface area contributed by atoms with Gasteiger partial charge in [0, 0.05) is 24.6 Å². The number of hydrogen-bond acceptors (Lipinski definition) is 3. The van der Waals surface area contributed by atoms with E-state index in [1.54, 1.807) is 0 Å². The average molecular weight is 418 g/mol. The number of likely N-dealkylation sites (N-methyl/N-ethyl adjacent to an activating group) is 1. The second kappa shape index (κ2) is 9.19. The van der Waals surface area contributed by atoms with Crippen molar-refractivity contribution in [2.24, 2.45) is 10.7 Å². The molecule has 1 heterocycles. The standard InChI is InChI=1S/C16H26N4O.HI/c1-12(2)20(3)10-9-18-16(17)19-14-8-11-21-15-7-5-4-6-13(14)15;/h4-7,12,14H,8-11H2,1-3H3,(H3,17,18,19);1H. The quantitative estimate of drug-likeness (QED) is 0.438. The summed E-state index contributed by atoms with van der Waals surface area (Å²) in [7, 11) is 2.10. The summed E-state index contributed by atoms with van der Waals surface area (Å²) in [5.41, 5.74) is 7.16. The van der Waals surface area contributed by atoms with Crippen LogP contribution in [0.3, 0.4) is 0 Å². The number of hydrogen-bond donors (Lipinski definition) is 2. The Bertz CT molecular complexity index is 493. The van der Waals surface area contributed by atoms with Crippen molar-refractivity contribution in [1.82, 2.24) is 10.2 Å². The zero-order valence-corrected chi connectivity index (χ0v) is 15.9. The van der Waals surface area contributed by atoms with Gasteiger partial charge in [-0.15, -0.1) is 24.0 Å². The number of nitrogens with zero attached hydrogens (tertiary/aromatic N) is 2. The van der Waals surface area contributed by atoms with E-state index in [2.05, 4.69) is 42.2 Å². The molecule has 6 heteroatoms. The van der Waals surface area contributed by atoms with Crippen LogP contribution in [0, 0.1) is 0 Å². The van der Waals surface area contributed by atoms with E-state index in [-0.39, 0.29) is 30.0 Å². The zero-order valence-electron chi connectivity index (χ0n) is 13.6. The summed E-state index contributed by atoms with van der Waals surface area (Å²) in [6.45, 7) is 6.66. The van der Waals surface area contributed by atoms with Crippen molar-refractivity contribution in [2.45, 2.75) is 32.4 Å². The summed E-state index contributed by atoms with van der Waals surface area (Å²) in [5, 5.41) is 3.31. The van der Waals surface area contributed by atoms with Crippen LogP contribution in [-0.2, 0) is 0 Å². The maximum Gasteiger partial charge on any atom is 0.189 e. The highest BCUT2D eigenvalue weighted by molar-refractivity contribution is 14.0. The first-order valence-corrected chi connectivity index (χ1v) is 7.56. The summed E-state index contributed by atoms with van der Waals surface area (Å²) in [5.74, 6) is 1.45. The Morgan fingerprint density at radius 2 is 2.18 bits per heavy atom. The zero-order chi connectivity index (χ0) is 15.2. The first-order valence-electron chi connectivity index (χ1n) is 7.56. The van der Waals surface area contributed by atoms with Crippen LogP contribution in [0.15, 0.2) is 29.3 Å². The lowest BCUT2D eigenvalue weighted by atomic mass is 10.0. The molecule has 5 nitrogen and oxygen atoms in total. The molecule has 3 N–H and O–H groups in total. The Kier molecular flexibility index (Phi) is 7.95. The van der Waals surface area contributed by atoms with E-state index in [0.717, 1.165) is 24.3 Å². The molecule has 1 unspecified atom stereocenters. The lowest BCUT2D eigenvalue weighted by Crippen LogP contribution is -2.38. The van der Waals surface area contributed by atoms with Gasteiger partial charge in [0.15, 0.2) is 5.96 Å². The Morgan fingerprint density at radius 3 is 2.91 bits per heavy atom. The van der Waals surface area contributed by atoms with Crippen molar-refractivity contribution in [2.75, 3.05) is 26.7 Å². The molecule has 1 aromatic rings. The Balaban J connectivity index is 0.00000242. The van der Waals surface area contributed by atoms with Gasteiger partial charge in [-0.2, -0.15) is 0 Å². The van der Waals surface area contributed by atoms with Crippen LogP contribution in [0.2, 0.25) is 0 Å². The molecule has 1 aliphatic heterocycles. The number of nitrogens with two attached hydrogens (primary N) is 1.